The van der Waals surface area contributed by atoms with Crippen molar-refractivity contribution in [3.05, 3.63) is 18.2 Å². The van der Waals surface area contributed by atoms with Crippen molar-refractivity contribution in [2.45, 2.75) is 25.0 Å². The van der Waals surface area contributed by atoms with E-state index in [0.717, 1.165) is 19.5 Å². The summed E-state index contributed by atoms with van der Waals surface area (Å²) in [4.78, 5) is 21.1. The number of aryl methyl sites for hydroxylation is 1. The molecule has 10 nitrogen and oxygen atoms in total. The highest BCUT2D eigenvalue weighted by molar-refractivity contribution is 5.91. The van der Waals surface area contributed by atoms with E-state index in [0.29, 0.717) is 19.0 Å². The maximum absolute atomic E-state index is 12.8. The molecule has 1 N–H and O–H groups in total. The van der Waals surface area contributed by atoms with Crippen molar-refractivity contribution in [1.29, 1.82) is 0 Å². The van der Waals surface area contributed by atoms with E-state index in [-0.39, 0.29) is 23.8 Å². The predicted octanol–water partition coefficient (Wildman–Crippen LogP) is -0.687. The first-order valence-corrected chi connectivity index (χ1v) is 8.13. The van der Waals surface area contributed by atoms with Crippen molar-refractivity contribution in [2.75, 3.05) is 39.0 Å². The Bertz CT molecular complexity index is 699. The molecular weight excluding hydrogens is 310 g/mol. The van der Waals surface area contributed by atoms with Crippen molar-refractivity contribution < 1.29 is 4.79 Å². The highest BCUT2D eigenvalue weighted by atomic mass is 16.2. The maximum Gasteiger partial charge on any atom is 0.293 e. The molecular formula is C14H21N9O. The van der Waals surface area contributed by atoms with Gasteiger partial charge in [-0.15, -0.1) is 10.2 Å². The van der Waals surface area contributed by atoms with E-state index in [1.165, 1.54) is 0 Å². The van der Waals surface area contributed by atoms with Crippen LogP contribution in [0.3, 0.4) is 0 Å². The Balaban J connectivity index is 1.56. The van der Waals surface area contributed by atoms with E-state index in [1.807, 2.05) is 25.0 Å². The molecule has 0 saturated carbocycles. The average Bonchev–Trinajstić information content (AvgIpc) is 3.30. The second kappa shape index (κ2) is 5.86. The summed E-state index contributed by atoms with van der Waals surface area (Å²) >= 11 is 0. The van der Waals surface area contributed by atoms with Crippen LogP contribution in [0.25, 0.3) is 0 Å². The molecule has 1 fully saturated rings. The normalized spacial score (nSPS) is 23.4. The predicted molar refractivity (Wildman–Crippen MR) is 85.6 cm³/mol. The smallest absolute Gasteiger partial charge is 0.293 e. The summed E-state index contributed by atoms with van der Waals surface area (Å²) in [6.07, 6.45) is 4.49. The second-order valence-electron chi connectivity index (χ2n) is 6.45. The quantitative estimate of drug-likeness (QED) is 0.795. The van der Waals surface area contributed by atoms with Gasteiger partial charge in [0, 0.05) is 32.4 Å². The maximum atomic E-state index is 12.8. The van der Waals surface area contributed by atoms with E-state index in [9.17, 15) is 4.79 Å². The van der Waals surface area contributed by atoms with E-state index >= 15 is 0 Å². The third kappa shape index (κ3) is 2.52. The van der Waals surface area contributed by atoms with Gasteiger partial charge >= 0.3 is 0 Å². The standard InChI is InChI=1S/C14H21N9O/c1-20(2)10-8-21(9-11(10)22-7-5-16-19-22)13(24)12-17-14-15-4-3-6-23(14)18-12/h5,7,10-11H,3-4,6,8-9H2,1-2H3,(H,15,17,18)/t10-,11+/m1/s1. The van der Waals surface area contributed by atoms with Gasteiger partial charge in [0.2, 0.25) is 11.8 Å². The fourth-order valence-corrected chi connectivity index (χ4v) is 3.39. The van der Waals surface area contributed by atoms with Gasteiger partial charge < -0.3 is 15.1 Å². The summed E-state index contributed by atoms with van der Waals surface area (Å²) in [6.45, 7) is 2.85. The molecule has 4 rings (SSSR count). The summed E-state index contributed by atoms with van der Waals surface area (Å²) in [5, 5.41) is 15.5. The Morgan fingerprint density at radius 1 is 1.38 bits per heavy atom. The summed E-state index contributed by atoms with van der Waals surface area (Å²) in [5.74, 6) is 0.810. The number of carbonyl (C=O) groups is 1. The lowest BCUT2D eigenvalue weighted by molar-refractivity contribution is 0.0768. The lowest BCUT2D eigenvalue weighted by atomic mass is 10.1. The number of aromatic nitrogens is 6. The van der Waals surface area contributed by atoms with Gasteiger partial charge in [0.15, 0.2) is 0 Å². The van der Waals surface area contributed by atoms with Gasteiger partial charge in [-0.1, -0.05) is 5.21 Å². The monoisotopic (exact) mass is 331 g/mol. The molecule has 128 valence electrons. The Morgan fingerprint density at radius 2 is 2.25 bits per heavy atom. The number of nitrogens with zero attached hydrogens (tertiary/aromatic N) is 8. The van der Waals surface area contributed by atoms with Crippen molar-refractivity contribution in [3.63, 3.8) is 0 Å². The fourth-order valence-electron chi connectivity index (χ4n) is 3.39. The van der Waals surface area contributed by atoms with Gasteiger partial charge in [-0.25, -0.2) is 9.36 Å². The van der Waals surface area contributed by atoms with E-state index in [2.05, 4.69) is 30.6 Å². The Kier molecular flexibility index (Phi) is 3.68. The molecule has 1 saturated heterocycles. The lowest BCUT2D eigenvalue weighted by Crippen LogP contribution is -2.37. The molecule has 0 aliphatic carbocycles. The van der Waals surface area contributed by atoms with Crippen LogP contribution in [0.2, 0.25) is 0 Å². The minimum absolute atomic E-state index is 0.0711. The number of anilines is 1. The van der Waals surface area contributed by atoms with Crippen LogP contribution in [0.5, 0.6) is 0 Å². The molecule has 10 heteroatoms. The topological polar surface area (TPSA) is 97.0 Å². The third-order valence-corrected chi connectivity index (χ3v) is 4.68. The first kappa shape index (κ1) is 15.1. The van der Waals surface area contributed by atoms with Gasteiger partial charge in [0.25, 0.3) is 5.91 Å². The molecule has 2 aromatic heterocycles. The molecule has 4 heterocycles. The van der Waals surface area contributed by atoms with Gasteiger partial charge in [0.05, 0.1) is 18.3 Å². The number of carbonyl (C=O) groups excluding carboxylic acids is 1. The molecule has 0 unspecified atom stereocenters. The Morgan fingerprint density at radius 3 is 2.96 bits per heavy atom. The lowest BCUT2D eigenvalue weighted by Gasteiger charge is -2.24. The molecule has 24 heavy (non-hydrogen) atoms. The Labute approximate surface area is 139 Å². The minimum Gasteiger partial charge on any atom is -0.354 e. The molecule has 0 radical (unpaired) electrons. The van der Waals surface area contributed by atoms with Crippen LogP contribution in [0.4, 0.5) is 5.95 Å². The zero-order chi connectivity index (χ0) is 16.7. The Hall–Kier alpha value is -2.49. The van der Waals surface area contributed by atoms with E-state index in [4.69, 9.17) is 0 Å². The molecule has 0 spiro atoms. The number of likely N-dealkylation sites (N-methyl/N-ethyl adjacent to an activating group) is 1. The van der Waals surface area contributed by atoms with Gasteiger partial charge in [-0.2, -0.15) is 4.98 Å². The summed E-state index contributed by atoms with van der Waals surface area (Å²) in [7, 11) is 4.03. The number of amides is 1. The summed E-state index contributed by atoms with van der Waals surface area (Å²) < 4.78 is 3.59. The number of hydrogen-bond donors (Lipinski definition) is 1. The zero-order valence-corrected chi connectivity index (χ0v) is 13.8. The average molecular weight is 331 g/mol. The van der Waals surface area contributed by atoms with Gasteiger partial charge in [-0.3, -0.25) is 4.79 Å². The third-order valence-electron chi connectivity index (χ3n) is 4.68. The van der Waals surface area contributed by atoms with Crippen molar-refractivity contribution >= 4 is 11.9 Å². The van der Waals surface area contributed by atoms with Crippen LogP contribution in [-0.2, 0) is 6.54 Å². The van der Waals surface area contributed by atoms with Crippen LogP contribution in [0, 0.1) is 0 Å². The van der Waals surface area contributed by atoms with Crippen molar-refractivity contribution in [2.24, 2.45) is 0 Å². The van der Waals surface area contributed by atoms with Gasteiger partial charge in [0.1, 0.15) is 0 Å². The molecule has 2 aliphatic heterocycles. The first-order chi connectivity index (χ1) is 11.6. The molecule has 2 aromatic rings. The van der Waals surface area contributed by atoms with E-state index in [1.54, 1.807) is 15.8 Å². The SMILES string of the molecule is CN(C)[C@@H]1CN(C(=O)c2nc3n(n2)CCCN3)C[C@@H]1n1ccnn1. The van der Waals surface area contributed by atoms with Gasteiger partial charge in [-0.05, 0) is 20.5 Å². The largest absolute Gasteiger partial charge is 0.354 e. The van der Waals surface area contributed by atoms with Crippen LogP contribution < -0.4 is 5.32 Å². The first-order valence-electron chi connectivity index (χ1n) is 8.13. The number of hydrogen-bond acceptors (Lipinski definition) is 7. The highest BCUT2D eigenvalue weighted by Crippen LogP contribution is 2.25. The molecule has 1 amide bonds. The molecule has 2 aliphatic rings. The number of likely N-dealkylation sites (tertiary alicyclic amines) is 1. The molecule has 0 bridgehead atoms. The van der Waals surface area contributed by atoms with Crippen LogP contribution in [-0.4, -0.2) is 85.2 Å². The summed E-state index contributed by atoms with van der Waals surface area (Å²) in [5.41, 5.74) is 0. The van der Waals surface area contributed by atoms with Crippen molar-refractivity contribution in [1.82, 2.24) is 39.6 Å². The molecule has 2 atom stereocenters. The minimum atomic E-state index is -0.131. The second-order valence-corrected chi connectivity index (χ2v) is 6.45. The van der Waals surface area contributed by atoms with E-state index < -0.39 is 0 Å². The van der Waals surface area contributed by atoms with Crippen molar-refractivity contribution in [3.8, 4) is 0 Å². The number of rotatable bonds is 3. The number of fused-ring (bicyclic) bond motifs is 1. The van der Waals surface area contributed by atoms with Crippen LogP contribution in [0.1, 0.15) is 23.1 Å². The number of nitrogens with one attached hydrogen (secondary N) is 1. The van der Waals surface area contributed by atoms with Crippen LogP contribution >= 0.6 is 0 Å². The molecule has 0 aromatic carbocycles. The highest BCUT2D eigenvalue weighted by Gasteiger charge is 2.39. The zero-order valence-electron chi connectivity index (χ0n) is 13.8. The summed E-state index contributed by atoms with van der Waals surface area (Å²) in [6, 6.07) is 0.243. The fraction of sp³-hybridized carbons (Fsp3) is 0.643. The van der Waals surface area contributed by atoms with Crippen LogP contribution in [0.15, 0.2) is 12.4 Å².